The molecule has 1 N–H and O–H groups in total. The van der Waals surface area contributed by atoms with Gasteiger partial charge in [-0.2, -0.15) is 0 Å². The molecule has 2 rings (SSSR count). The fraction of sp³-hybridized carbons (Fsp3) is 0.412. The molecule has 0 aliphatic rings. The van der Waals surface area contributed by atoms with Crippen LogP contribution < -0.4 is 10.1 Å². The van der Waals surface area contributed by atoms with Crippen LogP contribution in [-0.2, 0) is 13.2 Å². The maximum atomic E-state index is 13.2. The molecule has 2 aromatic rings. The molecule has 1 aromatic carbocycles. The summed E-state index contributed by atoms with van der Waals surface area (Å²) >= 11 is 1.72. The Kier molecular flexibility index (Phi) is 5.01. The van der Waals surface area contributed by atoms with Crippen molar-refractivity contribution in [1.82, 2.24) is 5.32 Å². The van der Waals surface area contributed by atoms with Crippen molar-refractivity contribution in [2.45, 2.75) is 46.4 Å². The van der Waals surface area contributed by atoms with Crippen LogP contribution in [0.4, 0.5) is 4.39 Å². The molecular weight excluding hydrogens is 285 g/mol. The van der Waals surface area contributed by atoms with Crippen LogP contribution in [0.1, 0.15) is 36.1 Å². The van der Waals surface area contributed by atoms with Gasteiger partial charge in [0.05, 0.1) is 0 Å². The molecular formula is C17H22FNOS. The Labute approximate surface area is 130 Å². The van der Waals surface area contributed by atoms with Gasteiger partial charge in [0.25, 0.3) is 0 Å². The van der Waals surface area contributed by atoms with Crippen molar-refractivity contribution >= 4 is 11.3 Å². The SMILES string of the molecule is Cc1ccc(F)cc1OCc1ccc(CNC(C)(C)C)s1. The van der Waals surface area contributed by atoms with Gasteiger partial charge < -0.3 is 10.1 Å². The van der Waals surface area contributed by atoms with E-state index in [1.54, 1.807) is 17.4 Å². The monoisotopic (exact) mass is 307 g/mol. The lowest BCUT2D eigenvalue weighted by molar-refractivity contribution is 0.306. The highest BCUT2D eigenvalue weighted by Crippen LogP contribution is 2.23. The second kappa shape index (κ2) is 6.58. The average molecular weight is 307 g/mol. The van der Waals surface area contributed by atoms with Gasteiger partial charge in [0, 0.05) is 27.9 Å². The molecule has 0 radical (unpaired) electrons. The molecule has 0 bridgehead atoms. The molecule has 0 unspecified atom stereocenters. The summed E-state index contributed by atoms with van der Waals surface area (Å²) in [6.45, 7) is 9.70. The first-order valence-corrected chi connectivity index (χ1v) is 7.87. The first-order chi connectivity index (χ1) is 9.83. The van der Waals surface area contributed by atoms with Gasteiger partial charge in [0.2, 0.25) is 0 Å². The summed E-state index contributed by atoms with van der Waals surface area (Å²) in [6, 6.07) is 8.80. The molecule has 21 heavy (non-hydrogen) atoms. The van der Waals surface area contributed by atoms with E-state index < -0.39 is 0 Å². The zero-order valence-corrected chi connectivity index (χ0v) is 13.8. The van der Waals surface area contributed by atoms with E-state index in [-0.39, 0.29) is 11.4 Å². The summed E-state index contributed by atoms with van der Waals surface area (Å²) in [5, 5.41) is 3.46. The van der Waals surface area contributed by atoms with Crippen LogP contribution in [0.2, 0.25) is 0 Å². The Morgan fingerprint density at radius 2 is 1.86 bits per heavy atom. The lowest BCUT2D eigenvalue weighted by Gasteiger charge is -2.19. The molecule has 0 atom stereocenters. The van der Waals surface area contributed by atoms with Gasteiger partial charge >= 0.3 is 0 Å². The van der Waals surface area contributed by atoms with Gasteiger partial charge in [-0.3, -0.25) is 0 Å². The van der Waals surface area contributed by atoms with Crippen molar-refractivity contribution in [3.63, 3.8) is 0 Å². The van der Waals surface area contributed by atoms with Crippen molar-refractivity contribution in [1.29, 1.82) is 0 Å². The number of hydrogen-bond donors (Lipinski definition) is 1. The van der Waals surface area contributed by atoms with Crippen molar-refractivity contribution in [3.05, 3.63) is 51.5 Å². The van der Waals surface area contributed by atoms with Crippen molar-refractivity contribution in [2.75, 3.05) is 0 Å². The third kappa shape index (κ3) is 5.14. The Bertz CT molecular complexity index is 601. The van der Waals surface area contributed by atoms with Crippen LogP contribution in [0.25, 0.3) is 0 Å². The molecule has 0 saturated heterocycles. The van der Waals surface area contributed by atoms with Gasteiger partial charge in [-0.1, -0.05) is 6.07 Å². The number of ether oxygens (including phenoxy) is 1. The van der Waals surface area contributed by atoms with Crippen LogP contribution in [0.5, 0.6) is 5.75 Å². The maximum absolute atomic E-state index is 13.2. The van der Waals surface area contributed by atoms with E-state index in [4.69, 9.17) is 4.74 Å². The number of aryl methyl sites for hydroxylation is 1. The highest BCUT2D eigenvalue weighted by molar-refractivity contribution is 7.11. The summed E-state index contributed by atoms with van der Waals surface area (Å²) in [7, 11) is 0. The molecule has 1 heterocycles. The van der Waals surface area contributed by atoms with E-state index in [9.17, 15) is 4.39 Å². The summed E-state index contributed by atoms with van der Waals surface area (Å²) in [5.41, 5.74) is 1.06. The summed E-state index contributed by atoms with van der Waals surface area (Å²) in [4.78, 5) is 2.42. The molecule has 4 heteroatoms. The van der Waals surface area contributed by atoms with Gasteiger partial charge in [0.1, 0.15) is 18.2 Å². The second-order valence-corrected chi connectivity index (χ2v) is 7.42. The highest BCUT2D eigenvalue weighted by Gasteiger charge is 2.10. The van der Waals surface area contributed by atoms with Gasteiger partial charge in [0.15, 0.2) is 0 Å². The molecule has 114 valence electrons. The fourth-order valence-electron chi connectivity index (χ4n) is 1.83. The number of nitrogens with one attached hydrogen (secondary N) is 1. The first kappa shape index (κ1) is 16.0. The molecule has 0 spiro atoms. The predicted molar refractivity (Wildman–Crippen MR) is 86.4 cm³/mol. The van der Waals surface area contributed by atoms with Gasteiger partial charge in [-0.25, -0.2) is 4.39 Å². The third-order valence-electron chi connectivity index (χ3n) is 3.03. The summed E-state index contributed by atoms with van der Waals surface area (Å²) in [5.74, 6) is 0.342. The lowest BCUT2D eigenvalue weighted by Crippen LogP contribution is -2.34. The zero-order valence-electron chi connectivity index (χ0n) is 13.0. The molecule has 2 nitrogen and oxygen atoms in total. The average Bonchev–Trinajstić information content (AvgIpc) is 2.85. The number of hydrogen-bond acceptors (Lipinski definition) is 3. The topological polar surface area (TPSA) is 21.3 Å². The first-order valence-electron chi connectivity index (χ1n) is 7.05. The number of rotatable bonds is 5. The Hall–Kier alpha value is -1.39. The van der Waals surface area contributed by atoms with Gasteiger partial charge in [-0.05, 0) is 51.5 Å². The van der Waals surface area contributed by atoms with Crippen LogP contribution in [0.15, 0.2) is 30.3 Å². The second-order valence-electron chi connectivity index (χ2n) is 6.17. The standard InChI is InChI=1S/C17H22FNOS/c1-12-5-6-13(18)9-16(12)20-11-15-8-7-14(21-15)10-19-17(2,3)4/h5-9,19H,10-11H2,1-4H3. The normalized spacial score (nSPS) is 11.7. The Morgan fingerprint density at radius 3 is 2.57 bits per heavy atom. The minimum Gasteiger partial charge on any atom is -0.488 e. The highest BCUT2D eigenvalue weighted by atomic mass is 32.1. The quantitative estimate of drug-likeness (QED) is 0.867. The summed E-state index contributed by atoms with van der Waals surface area (Å²) in [6.07, 6.45) is 0. The minimum atomic E-state index is -0.267. The number of benzene rings is 1. The molecule has 1 aromatic heterocycles. The van der Waals surface area contributed by atoms with E-state index >= 15 is 0 Å². The maximum Gasteiger partial charge on any atom is 0.126 e. The molecule has 0 aliphatic heterocycles. The van der Waals surface area contributed by atoms with Crippen LogP contribution in [0.3, 0.4) is 0 Å². The van der Waals surface area contributed by atoms with Crippen molar-refractivity contribution in [2.24, 2.45) is 0 Å². The van der Waals surface area contributed by atoms with E-state index in [0.29, 0.717) is 12.4 Å². The number of halogens is 1. The lowest BCUT2D eigenvalue weighted by atomic mass is 10.1. The van der Waals surface area contributed by atoms with E-state index in [0.717, 1.165) is 17.0 Å². The van der Waals surface area contributed by atoms with E-state index in [1.807, 2.05) is 6.92 Å². The fourth-order valence-corrected chi connectivity index (χ4v) is 2.70. The predicted octanol–water partition coefficient (Wildman–Crippen LogP) is 4.66. The smallest absolute Gasteiger partial charge is 0.126 e. The van der Waals surface area contributed by atoms with Crippen LogP contribution in [-0.4, -0.2) is 5.54 Å². The molecule has 0 aliphatic carbocycles. The Balaban J connectivity index is 1.92. The van der Waals surface area contributed by atoms with Crippen LogP contribution >= 0.6 is 11.3 Å². The van der Waals surface area contributed by atoms with E-state index in [1.165, 1.54) is 17.0 Å². The van der Waals surface area contributed by atoms with Crippen LogP contribution in [0, 0.1) is 12.7 Å². The number of thiophene rings is 1. The van der Waals surface area contributed by atoms with E-state index in [2.05, 4.69) is 38.2 Å². The minimum absolute atomic E-state index is 0.110. The zero-order chi connectivity index (χ0) is 15.5. The van der Waals surface area contributed by atoms with Crippen molar-refractivity contribution in [3.8, 4) is 5.75 Å². The largest absolute Gasteiger partial charge is 0.488 e. The molecule has 0 saturated carbocycles. The Morgan fingerprint density at radius 1 is 1.14 bits per heavy atom. The van der Waals surface area contributed by atoms with Crippen molar-refractivity contribution < 1.29 is 9.13 Å². The molecule has 0 fully saturated rings. The third-order valence-corrected chi connectivity index (χ3v) is 4.09. The van der Waals surface area contributed by atoms with Gasteiger partial charge in [-0.15, -0.1) is 11.3 Å². The molecule has 0 amide bonds. The summed E-state index contributed by atoms with van der Waals surface area (Å²) < 4.78 is 18.9.